The summed E-state index contributed by atoms with van der Waals surface area (Å²) >= 11 is 0. The molecule has 1 aromatic carbocycles. The van der Waals surface area contributed by atoms with Crippen LogP contribution in [-0.4, -0.2) is 22.9 Å². The zero-order valence-corrected chi connectivity index (χ0v) is 12.9. The summed E-state index contributed by atoms with van der Waals surface area (Å²) in [5, 5.41) is -1.31. The van der Waals surface area contributed by atoms with Crippen molar-refractivity contribution < 1.29 is 13.0 Å². The molecule has 0 aliphatic heterocycles. The van der Waals surface area contributed by atoms with Gasteiger partial charge in [0, 0.05) is 11.8 Å². The minimum absolute atomic E-state index is 0.229. The number of benzene rings is 1. The molecule has 6 heteroatoms. The summed E-state index contributed by atoms with van der Waals surface area (Å²) in [5.41, 5.74) is 1.96. The van der Waals surface area contributed by atoms with Crippen molar-refractivity contribution in [2.45, 2.75) is 5.25 Å². The van der Waals surface area contributed by atoms with E-state index in [1.54, 1.807) is 36.4 Å². The van der Waals surface area contributed by atoms with Gasteiger partial charge in [0.15, 0.2) is 5.25 Å². The summed E-state index contributed by atoms with van der Waals surface area (Å²) in [6, 6.07) is 19.4. The van der Waals surface area contributed by atoms with E-state index in [0.717, 1.165) is 5.56 Å². The van der Waals surface area contributed by atoms with E-state index in [2.05, 4.69) is 9.97 Å². The average molecular weight is 326 g/mol. The smallest absolute Gasteiger partial charge is 0.279 e. The van der Waals surface area contributed by atoms with Crippen LogP contribution in [0.15, 0.2) is 72.9 Å². The molecule has 116 valence electrons. The monoisotopic (exact) mass is 326 g/mol. The summed E-state index contributed by atoms with van der Waals surface area (Å²) in [6.07, 6.45) is 1.48. The number of rotatable bonds is 4. The van der Waals surface area contributed by atoms with Gasteiger partial charge in [-0.15, -0.1) is 0 Å². The van der Waals surface area contributed by atoms with E-state index in [1.807, 2.05) is 30.3 Å². The molecule has 0 saturated heterocycles. The van der Waals surface area contributed by atoms with Crippen molar-refractivity contribution >= 4 is 10.1 Å². The third-order valence-corrected chi connectivity index (χ3v) is 4.44. The second kappa shape index (κ2) is 6.28. The molecular weight excluding hydrogens is 312 g/mol. The van der Waals surface area contributed by atoms with Gasteiger partial charge in [-0.2, -0.15) is 8.42 Å². The van der Waals surface area contributed by atoms with Gasteiger partial charge in [-0.05, 0) is 24.3 Å². The molecule has 3 aromatic rings. The summed E-state index contributed by atoms with van der Waals surface area (Å²) in [6.45, 7) is 0. The fourth-order valence-electron chi connectivity index (χ4n) is 2.35. The Hall–Kier alpha value is -2.57. The van der Waals surface area contributed by atoms with Crippen molar-refractivity contribution in [1.82, 2.24) is 9.97 Å². The summed E-state index contributed by atoms with van der Waals surface area (Å²) in [4.78, 5) is 8.45. The third kappa shape index (κ3) is 3.44. The van der Waals surface area contributed by atoms with Crippen LogP contribution in [0.4, 0.5) is 0 Å². The van der Waals surface area contributed by atoms with E-state index < -0.39 is 15.4 Å². The summed E-state index contributed by atoms with van der Waals surface area (Å²) in [7, 11) is -4.39. The maximum atomic E-state index is 11.9. The van der Waals surface area contributed by atoms with E-state index in [0.29, 0.717) is 5.69 Å². The zero-order chi connectivity index (χ0) is 16.3. The molecule has 2 aromatic heterocycles. The van der Waals surface area contributed by atoms with Crippen LogP contribution in [0.1, 0.15) is 16.6 Å². The maximum absolute atomic E-state index is 11.9. The van der Waals surface area contributed by atoms with Gasteiger partial charge in [0.2, 0.25) is 0 Å². The SMILES string of the molecule is O=S(=O)(O)C(c1ccccn1)c1cccc(-c2ccccc2)n1. The minimum atomic E-state index is -4.39. The molecule has 0 fully saturated rings. The van der Waals surface area contributed by atoms with Crippen LogP contribution < -0.4 is 0 Å². The minimum Gasteiger partial charge on any atom is -0.285 e. The molecule has 1 atom stereocenters. The van der Waals surface area contributed by atoms with Crippen LogP contribution in [-0.2, 0) is 10.1 Å². The zero-order valence-electron chi connectivity index (χ0n) is 12.1. The predicted octanol–water partition coefficient (Wildman–Crippen LogP) is 3.12. The van der Waals surface area contributed by atoms with Crippen LogP contribution >= 0.6 is 0 Å². The van der Waals surface area contributed by atoms with Crippen LogP contribution in [0.5, 0.6) is 0 Å². The van der Waals surface area contributed by atoms with Gasteiger partial charge in [-0.1, -0.05) is 42.5 Å². The van der Waals surface area contributed by atoms with Gasteiger partial charge in [0.25, 0.3) is 10.1 Å². The van der Waals surface area contributed by atoms with Crippen molar-refractivity contribution in [2.75, 3.05) is 0 Å². The van der Waals surface area contributed by atoms with Crippen LogP contribution in [0, 0.1) is 0 Å². The molecule has 0 saturated carbocycles. The van der Waals surface area contributed by atoms with E-state index in [-0.39, 0.29) is 11.4 Å². The lowest BCUT2D eigenvalue weighted by atomic mass is 10.1. The van der Waals surface area contributed by atoms with Crippen molar-refractivity contribution in [2.24, 2.45) is 0 Å². The highest BCUT2D eigenvalue weighted by atomic mass is 32.2. The molecule has 3 rings (SSSR count). The maximum Gasteiger partial charge on any atom is 0.279 e. The van der Waals surface area contributed by atoms with Crippen LogP contribution in [0.2, 0.25) is 0 Å². The molecule has 0 amide bonds. The Morgan fingerprint density at radius 3 is 2.17 bits per heavy atom. The van der Waals surface area contributed by atoms with E-state index in [1.165, 1.54) is 6.20 Å². The van der Waals surface area contributed by atoms with Crippen molar-refractivity contribution in [3.8, 4) is 11.3 Å². The Labute approximate surface area is 134 Å². The fraction of sp³-hybridized carbons (Fsp3) is 0.0588. The fourth-order valence-corrected chi connectivity index (χ4v) is 3.24. The van der Waals surface area contributed by atoms with Crippen molar-refractivity contribution in [1.29, 1.82) is 0 Å². The largest absolute Gasteiger partial charge is 0.285 e. The Morgan fingerprint density at radius 2 is 1.52 bits per heavy atom. The Bertz CT molecular complexity index is 897. The molecule has 0 aliphatic carbocycles. The molecule has 5 nitrogen and oxygen atoms in total. The molecule has 2 heterocycles. The number of aromatic nitrogens is 2. The molecule has 1 N–H and O–H groups in total. The third-order valence-electron chi connectivity index (χ3n) is 3.36. The highest BCUT2D eigenvalue weighted by Crippen LogP contribution is 2.28. The Balaban J connectivity index is 2.12. The van der Waals surface area contributed by atoms with Gasteiger partial charge in [0.1, 0.15) is 0 Å². The van der Waals surface area contributed by atoms with Gasteiger partial charge in [-0.3, -0.25) is 14.5 Å². The van der Waals surface area contributed by atoms with E-state index in [4.69, 9.17) is 0 Å². The van der Waals surface area contributed by atoms with Gasteiger partial charge in [-0.25, -0.2) is 0 Å². The number of hydrogen-bond acceptors (Lipinski definition) is 4. The van der Waals surface area contributed by atoms with Crippen LogP contribution in [0.25, 0.3) is 11.3 Å². The number of nitrogens with zero attached hydrogens (tertiary/aromatic N) is 2. The van der Waals surface area contributed by atoms with E-state index in [9.17, 15) is 13.0 Å². The second-order valence-electron chi connectivity index (χ2n) is 4.96. The molecular formula is C17H14N2O3S. The molecule has 0 bridgehead atoms. The highest BCUT2D eigenvalue weighted by Gasteiger charge is 2.29. The average Bonchev–Trinajstić information content (AvgIpc) is 2.56. The molecule has 0 radical (unpaired) electrons. The lowest BCUT2D eigenvalue weighted by Crippen LogP contribution is -2.16. The first-order valence-corrected chi connectivity index (χ1v) is 8.45. The first kappa shape index (κ1) is 15.3. The molecule has 0 aliphatic rings. The molecule has 23 heavy (non-hydrogen) atoms. The Kier molecular flexibility index (Phi) is 4.18. The second-order valence-corrected chi connectivity index (χ2v) is 6.46. The predicted molar refractivity (Wildman–Crippen MR) is 87.3 cm³/mol. The van der Waals surface area contributed by atoms with E-state index >= 15 is 0 Å². The van der Waals surface area contributed by atoms with Gasteiger partial charge < -0.3 is 0 Å². The van der Waals surface area contributed by atoms with Gasteiger partial charge >= 0.3 is 0 Å². The highest BCUT2D eigenvalue weighted by molar-refractivity contribution is 7.86. The Morgan fingerprint density at radius 1 is 0.826 bits per heavy atom. The molecule has 1 unspecified atom stereocenters. The van der Waals surface area contributed by atoms with Crippen molar-refractivity contribution in [3.63, 3.8) is 0 Å². The molecule has 0 spiro atoms. The van der Waals surface area contributed by atoms with Gasteiger partial charge in [0.05, 0.1) is 17.1 Å². The lowest BCUT2D eigenvalue weighted by Gasteiger charge is -2.14. The lowest BCUT2D eigenvalue weighted by molar-refractivity contribution is 0.473. The summed E-state index contributed by atoms with van der Waals surface area (Å²) < 4.78 is 33.3. The number of hydrogen-bond donors (Lipinski definition) is 1. The first-order chi connectivity index (χ1) is 11.1. The van der Waals surface area contributed by atoms with Crippen molar-refractivity contribution in [3.05, 3.63) is 84.3 Å². The van der Waals surface area contributed by atoms with Crippen LogP contribution in [0.3, 0.4) is 0 Å². The normalized spacial score (nSPS) is 12.7. The topological polar surface area (TPSA) is 80.2 Å². The standard InChI is InChI=1S/C17H14N2O3S/c20-23(21,22)17(15-9-4-5-12-18-15)16-11-6-10-14(19-16)13-7-2-1-3-8-13/h1-12,17H,(H,20,21,22). The summed E-state index contributed by atoms with van der Waals surface area (Å²) in [5.74, 6) is 0. The number of pyridine rings is 2. The first-order valence-electron chi connectivity index (χ1n) is 6.95. The quantitative estimate of drug-likeness (QED) is 0.745.